The molecule has 0 spiro atoms. The van der Waals surface area contributed by atoms with Crippen molar-refractivity contribution in [1.82, 2.24) is 4.98 Å². The Morgan fingerprint density at radius 2 is 1.88 bits per heavy atom. The van der Waals surface area contributed by atoms with Gasteiger partial charge in [0, 0.05) is 5.56 Å². The summed E-state index contributed by atoms with van der Waals surface area (Å²) in [6.45, 7) is 0. The molecular formula is C13H8ClFN2. The quantitative estimate of drug-likeness (QED) is 0.812. The largest absolute Gasteiger partial charge is 0.250 e. The molecule has 0 bridgehead atoms. The first kappa shape index (κ1) is 11.6. The van der Waals surface area contributed by atoms with Crippen LogP contribution < -0.4 is 0 Å². The average Bonchev–Trinajstić information content (AvgIpc) is 2.33. The maximum absolute atomic E-state index is 12.8. The third-order valence-electron chi connectivity index (χ3n) is 2.28. The van der Waals surface area contributed by atoms with Crippen molar-refractivity contribution in [3.63, 3.8) is 0 Å². The SMILES string of the molecule is N#CCc1ccc(Cl)c(-c2ccc(F)cc2)n1. The zero-order valence-electron chi connectivity index (χ0n) is 8.82. The van der Waals surface area contributed by atoms with Crippen molar-refractivity contribution in [2.45, 2.75) is 6.42 Å². The van der Waals surface area contributed by atoms with Crippen molar-refractivity contribution >= 4 is 11.6 Å². The molecule has 0 atom stereocenters. The maximum Gasteiger partial charge on any atom is 0.123 e. The first-order valence-corrected chi connectivity index (χ1v) is 5.37. The standard InChI is InChI=1S/C13H8ClFN2/c14-12-6-5-11(7-8-16)17-13(12)9-1-3-10(15)4-2-9/h1-6H,7H2. The van der Waals surface area contributed by atoms with Crippen molar-refractivity contribution in [2.75, 3.05) is 0 Å². The second-order valence-corrected chi connectivity index (χ2v) is 3.88. The van der Waals surface area contributed by atoms with E-state index >= 15 is 0 Å². The van der Waals surface area contributed by atoms with Gasteiger partial charge in [-0.25, -0.2) is 4.39 Å². The Balaban J connectivity index is 2.47. The van der Waals surface area contributed by atoms with Crippen LogP contribution in [0.5, 0.6) is 0 Å². The van der Waals surface area contributed by atoms with Gasteiger partial charge in [0.1, 0.15) is 5.82 Å². The molecule has 0 aliphatic carbocycles. The van der Waals surface area contributed by atoms with Crippen molar-refractivity contribution in [2.24, 2.45) is 0 Å². The first-order valence-electron chi connectivity index (χ1n) is 4.99. The van der Waals surface area contributed by atoms with E-state index in [0.717, 1.165) is 5.56 Å². The second kappa shape index (κ2) is 4.94. The van der Waals surface area contributed by atoms with Crippen LogP contribution in [0, 0.1) is 17.1 Å². The number of aromatic nitrogens is 1. The lowest BCUT2D eigenvalue weighted by Crippen LogP contribution is -1.92. The molecule has 1 heterocycles. The molecule has 1 aromatic heterocycles. The van der Waals surface area contributed by atoms with Gasteiger partial charge in [0.2, 0.25) is 0 Å². The van der Waals surface area contributed by atoms with Crippen LogP contribution in [0.3, 0.4) is 0 Å². The molecule has 0 saturated heterocycles. The zero-order chi connectivity index (χ0) is 12.3. The summed E-state index contributed by atoms with van der Waals surface area (Å²) in [6, 6.07) is 11.4. The van der Waals surface area contributed by atoms with Crippen molar-refractivity contribution in [3.8, 4) is 17.3 Å². The van der Waals surface area contributed by atoms with E-state index in [-0.39, 0.29) is 12.2 Å². The molecule has 0 fully saturated rings. The van der Waals surface area contributed by atoms with Crippen LogP contribution in [0.15, 0.2) is 36.4 Å². The van der Waals surface area contributed by atoms with Gasteiger partial charge in [-0.05, 0) is 36.4 Å². The third-order valence-corrected chi connectivity index (χ3v) is 2.59. The van der Waals surface area contributed by atoms with Crippen LogP contribution in [0.1, 0.15) is 5.69 Å². The highest BCUT2D eigenvalue weighted by atomic mass is 35.5. The lowest BCUT2D eigenvalue weighted by molar-refractivity contribution is 0.628. The Labute approximate surface area is 103 Å². The molecule has 17 heavy (non-hydrogen) atoms. The molecule has 1 aromatic carbocycles. The molecule has 0 saturated carbocycles. The van der Waals surface area contributed by atoms with Gasteiger partial charge in [-0.2, -0.15) is 5.26 Å². The van der Waals surface area contributed by atoms with Crippen molar-refractivity contribution in [1.29, 1.82) is 5.26 Å². The minimum atomic E-state index is -0.307. The van der Waals surface area contributed by atoms with Crippen molar-refractivity contribution in [3.05, 3.63) is 52.9 Å². The molecule has 4 heteroatoms. The van der Waals surface area contributed by atoms with Gasteiger partial charge in [0.05, 0.1) is 28.9 Å². The van der Waals surface area contributed by atoms with Crippen LogP contribution in [-0.2, 0) is 6.42 Å². The van der Waals surface area contributed by atoms with Gasteiger partial charge in [-0.3, -0.25) is 4.98 Å². The number of pyridine rings is 1. The highest BCUT2D eigenvalue weighted by molar-refractivity contribution is 6.33. The van der Waals surface area contributed by atoms with E-state index in [1.54, 1.807) is 24.3 Å². The van der Waals surface area contributed by atoms with E-state index < -0.39 is 0 Å². The molecular weight excluding hydrogens is 239 g/mol. The van der Waals surface area contributed by atoms with Gasteiger partial charge < -0.3 is 0 Å². The Bertz CT molecular complexity index is 573. The van der Waals surface area contributed by atoms with E-state index in [9.17, 15) is 4.39 Å². The number of halogens is 2. The summed E-state index contributed by atoms with van der Waals surface area (Å²) in [4.78, 5) is 4.29. The molecule has 0 aliphatic rings. The fourth-order valence-electron chi connectivity index (χ4n) is 1.47. The van der Waals surface area contributed by atoms with E-state index in [4.69, 9.17) is 16.9 Å². The fourth-order valence-corrected chi connectivity index (χ4v) is 1.69. The summed E-state index contributed by atoms with van der Waals surface area (Å²) >= 11 is 6.03. The van der Waals surface area contributed by atoms with Crippen LogP contribution in [0.2, 0.25) is 5.02 Å². The number of nitriles is 1. The van der Waals surface area contributed by atoms with E-state index in [1.807, 2.05) is 6.07 Å². The minimum absolute atomic E-state index is 0.228. The number of nitrogens with zero attached hydrogens (tertiary/aromatic N) is 2. The van der Waals surface area contributed by atoms with Gasteiger partial charge in [-0.15, -0.1) is 0 Å². The van der Waals surface area contributed by atoms with Crippen LogP contribution in [-0.4, -0.2) is 4.98 Å². The molecule has 0 unspecified atom stereocenters. The summed E-state index contributed by atoms with van der Waals surface area (Å²) in [7, 11) is 0. The van der Waals surface area contributed by atoms with E-state index in [0.29, 0.717) is 16.4 Å². The summed E-state index contributed by atoms with van der Waals surface area (Å²) in [5.74, 6) is -0.307. The topological polar surface area (TPSA) is 36.7 Å². The van der Waals surface area contributed by atoms with Gasteiger partial charge in [0.15, 0.2) is 0 Å². The molecule has 2 nitrogen and oxygen atoms in total. The summed E-state index contributed by atoms with van der Waals surface area (Å²) in [5, 5.41) is 9.10. The Hall–Kier alpha value is -1.92. The molecule has 0 amide bonds. The predicted octanol–water partition coefficient (Wildman–Crippen LogP) is 3.61. The molecule has 0 radical (unpaired) electrons. The van der Waals surface area contributed by atoms with Gasteiger partial charge >= 0.3 is 0 Å². The Kier molecular flexibility index (Phi) is 3.36. The summed E-state index contributed by atoms with van der Waals surface area (Å²) < 4.78 is 12.8. The number of hydrogen-bond acceptors (Lipinski definition) is 2. The van der Waals surface area contributed by atoms with E-state index in [1.165, 1.54) is 12.1 Å². The monoisotopic (exact) mass is 246 g/mol. The molecule has 0 aliphatic heterocycles. The highest BCUT2D eigenvalue weighted by Gasteiger charge is 2.06. The third kappa shape index (κ3) is 2.61. The average molecular weight is 247 g/mol. The normalized spacial score (nSPS) is 9.94. The summed E-state index contributed by atoms with van der Waals surface area (Å²) in [6.07, 6.45) is 0.228. The Morgan fingerprint density at radius 3 is 2.53 bits per heavy atom. The predicted molar refractivity (Wildman–Crippen MR) is 64.0 cm³/mol. The van der Waals surface area contributed by atoms with Crippen LogP contribution in [0.25, 0.3) is 11.3 Å². The van der Waals surface area contributed by atoms with Gasteiger partial charge in [0.25, 0.3) is 0 Å². The second-order valence-electron chi connectivity index (χ2n) is 3.47. The lowest BCUT2D eigenvalue weighted by Gasteiger charge is -2.05. The maximum atomic E-state index is 12.8. The van der Waals surface area contributed by atoms with Crippen LogP contribution in [0.4, 0.5) is 4.39 Å². The minimum Gasteiger partial charge on any atom is -0.250 e. The summed E-state index contributed by atoms with van der Waals surface area (Å²) in [5.41, 5.74) is 1.95. The van der Waals surface area contributed by atoms with Crippen molar-refractivity contribution < 1.29 is 4.39 Å². The number of benzene rings is 1. The molecule has 2 aromatic rings. The molecule has 0 N–H and O–H groups in total. The van der Waals surface area contributed by atoms with E-state index in [2.05, 4.69) is 4.98 Å². The van der Waals surface area contributed by atoms with Gasteiger partial charge in [-0.1, -0.05) is 11.6 Å². The molecule has 2 rings (SSSR count). The number of hydrogen-bond donors (Lipinski definition) is 0. The fraction of sp³-hybridized carbons (Fsp3) is 0.0769. The first-order chi connectivity index (χ1) is 8.20. The zero-order valence-corrected chi connectivity index (χ0v) is 9.58. The Morgan fingerprint density at radius 1 is 1.18 bits per heavy atom. The smallest absolute Gasteiger partial charge is 0.123 e. The number of rotatable bonds is 2. The lowest BCUT2D eigenvalue weighted by atomic mass is 10.1. The molecule has 84 valence electrons. The highest BCUT2D eigenvalue weighted by Crippen LogP contribution is 2.26. The van der Waals surface area contributed by atoms with Crippen LogP contribution >= 0.6 is 11.6 Å².